The van der Waals surface area contributed by atoms with Crippen LogP contribution in [0.3, 0.4) is 0 Å². The molecule has 0 amide bonds. The lowest BCUT2D eigenvalue weighted by molar-refractivity contribution is 0.0594. The van der Waals surface area contributed by atoms with Crippen molar-refractivity contribution in [3.63, 3.8) is 0 Å². The molecule has 0 saturated heterocycles. The molecule has 0 unspecified atom stereocenters. The first kappa shape index (κ1) is 11.9. The average Bonchev–Trinajstić information content (AvgIpc) is 3.17. The fraction of sp³-hybridized carbons (Fsp3) is 0.357. The van der Waals surface area contributed by atoms with Crippen molar-refractivity contribution in [3.8, 4) is 11.3 Å². The van der Waals surface area contributed by atoms with Gasteiger partial charge < -0.3 is 9.26 Å². The molecule has 19 heavy (non-hydrogen) atoms. The van der Waals surface area contributed by atoms with Crippen molar-refractivity contribution in [2.45, 2.75) is 25.7 Å². The summed E-state index contributed by atoms with van der Waals surface area (Å²) in [5.74, 6) is 0.759. The van der Waals surface area contributed by atoms with Gasteiger partial charge in [-0.3, -0.25) is 0 Å². The Bertz CT molecular complexity index is 629. The normalized spacial score (nSPS) is 14.4. The summed E-state index contributed by atoms with van der Waals surface area (Å²) in [5.41, 5.74) is 3.03. The zero-order valence-electron chi connectivity index (χ0n) is 10.8. The summed E-state index contributed by atoms with van der Waals surface area (Å²) in [5, 5.41) is 4.08. The number of nitrogens with zero attached hydrogens (tertiary/aromatic N) is 2. The van der Waals surface area contributed by atoms with Gasteiger partial charge in [0, 0.05) is 23.7 Å². The lowest BCUT2D eigenvalue weighted by Crippen LogP contribution is -2.04. The quantitative estimate of drug-likeness (QED) is 0.792. The van der Waals surface area contributed by atoms with E-state index in [4.69, 9.17) is 4.52 Å². The van der Waals surface area contributed by atoms with E-state index < -0.39 is 5.97 Å². The average molecular weight is 258 g/mol. The van der Waals surface area contributed by atoms with Gasteiger partial charge in [-0.25, -0.2) is 9.78 Å². The maximum Gasteiger partial charge on any atom is 0.356 e. The van der Waals surface area contributed by atoms with E-state index in [2.05, 4.69) is 14.9 Å². The van der Waals surface area contributed by atoms with Crippen molar-refractivity contribution in [2.75, 3.05) is 7.11 Å². The van der Waals surface area contributed by atoms with E-state index in [0.717, 1.165) is 16.8 Å². The molecular formula is C14H14N2O3. The molecule has 2 heterocycles. The summed E-state index contributed by atoms with van der Waals surface area (Å²) >= 11 is 0. The van der Waals surface area contributed by atoms with E-state index in [0.29, 0.717) is 11.7 Å². The summed E-state index contributed by atoms with van der Waals surface area (Å²) in [4.78, 5) is 15.6. The third kappa shape index (κ3) is 2.23. The van der Waals surface area contributed by atoms with Gasteiger partial charge in [0.2, 0.25) is 0 Å². The highest BCUT2D eigenvalue weighted by molar-refractivity contribution is 5.88. The molecule has 1 fully saturated rings. The molecule has 98 valence electrons. The van der Waals surface area contributed by atoms with Crippen molar-refractivity contribution in [2.24, 2.45) is 0 Å². The number of hydrogen-bond acceptors (Lipinski definition) is 5. The molecule has 0 radical (unpaired) electrons. The standard InChI is InChI=1S/C14H14N2O3/c1-8-7-15-12(14(17)18-2)5-10(8)13-6-11(16-19-13)9-3-4-9/h5-7,9H,3-4H2,1-2H3. The van der Waals surface area contributed by atoms with E-state index in [1.54, 1.807) is 12.3 Å². The van der Waals surface area contributed by atoms with E-state index in [1.165, 1.54) is 20.0 Å². The fourth-order valence-corrected chi connectivity index (χ4v) is 1.99. The maximum atomic E-state index is 11.5. The molecule has 2 aromatic rings. The molecule has 2 aromatic heterocycles. The Hall–Kier alpha value is -2.17. The highest BCUT2D eigenvalue weighted by atomic mass is 16.5. The second kappa shape index (κ2) is 4.50. The van der Waals surface area contributed by atoms with Crippen LogP contribution >= 0.6 is 0 Å². The van der Waals surface area contributed by atoms with Crippen LogP contribution in [0.15, 0.2) is 22.9 Å². The van der Waals surface area contributed by atoms with Gasteiger partial charge in [0.05, 0.1) is 12.8 Å². The van der Waals surface area contributed by atoms with Crippen molar-refractivity contribution >= 4 is 5.97 Å². The Labute approximate surface area is 110 Å². The zero-order valence-corrected chi connectivity index (χ0v) is 10.8. The van der Waals surface area contributed by atoms with Crippen molar-refractivity contribution in [3.05, 3.63) is 35.3 Å². The number of aromatic nitrogens is 2. The third-order valence-corrected chi connectivity index (χ3v) is 3.29. The smallest absolute Gasteiger partial charge is 0.356 e. The number of carbonyl (C=O) groups excluding carboxylic acids is 1. The second-order valence-corrected chi connectivity index (χ2v) is 4.77. The van der Waals surface area contributed by atoms with Gasteiger partial charge >= 0.3 is 5.97 Å². The SMILES string of the molecule is COC(=O)c1cc(-c2cc(C3CC3)no2)c(C)cn1. The van der Waals surface area contributed by atoms with Crippen LogP contribution in [0.2, 0.25) is 0 Å². The van der Waals surface area contributed by atoms with Crippen LogP contribution in [-0.4, -0.2) is 23.2 Å². The van der Waals surface area contributed by atoms with E-state index in [1.807, 2.05) is 13.0 Å². The Kier molecular flexibility index (Phi) is 2.81. The monoisotopic (exact) mass is 258 g/mol. The molecule has 5 nitrogen and oxygen atoms in total. The summed E-state index contributed by atoms with van der Waals surface area (Å²) in [6.07, 6.45) is 3.99. The Morgan fingerprint density at radius 2 is 2.21 bits per heavy atom. The van der Waals surface area contributed by atoms with Gasteiger partial charge in [0.15, 0.2) is 5.76 Å². The molecule has 5 heteroatoms. The minimum Gasteiger partial charge on any atom is -0.464 e. The number of hydrogen-bond donors (Lipinski definition) is 0. The molecule has 1 saturated carbocycles. The summed E-state index contributed by atoms with van der Waals surface area (Å²) < 4.78 is 10.0. The molecule has 0 spiro atoms. The van der Waals surface area contributed by atoms with Gasteiger partial charge in [-0.05, 0) is 31.4 Å². The molecule has 3 rings (SSSR count). The van der Waals surface area contributed by atoms with Crippen LogP contribution in [0.25, 0.3) is 11.3 Å². The zero-order chi connectivity index (χ0) is 13.4. The van der Waals surface area contributed by atoms with Crippen molar-refractivity contribution in [1.82, 2.24) is 10.1 Å². The van der Waals surface area contributed by atoms with Gasteiger partial charge in [-0.2, -0.15) is 0 Å². The minimum absolute atomic E-state index is 0.271. The maximum absolute atomic E-state index is 11.5. The second-order valence-electron chi connectivity index (χ2n) is 4.77. The lowest BCUT2D eigenvalue weighted by Gasteiger charge is -2.03. The molecule has 0 aromatic carbocycles. The number of ether oxygens (including phenoxy) is 1. The first-order chi connectivity index (χ1) is 9.19. The predicted molar refractivity (Wildman–Crippen MR) is 67.8 cm³/mol. The predicted octanol–water partition coefficient (Wildman–Crippen LogP) is 2.71. The van der Waals surface area contributed by atoms with E-state index in [-0.39, 0.29) is 5.69 Å². The van der Waals surface area contributed by atoms with Crippen molar-refractivity contribution in [1.29, 1.82) is 0 Å². The third-order valence-electron chi connectivity index (χ3n) is 3.29. The van der Waals surface area contributed by atoms with Crippen LogP contribution in [-0.2, 0) is 4.74 Å². The Morgan fingerprint density at radius 3 is 2.89 bits per heavy atom. The molecule has 0 N–H and O–H groups in total. The molecule has 1 aliphatic carbocycles. The molecule has 0 atom stereocenters. The Balaban J connectivity index is 1.99. The highest BCUT2D eigenvalue weighted by Gasteiger charge is 2.27. The first-order valence-corrected chi connectivity index (χ1v) is 6.21. The van der Waals surface area contributed by atoms with Gasteiger partial charge in [-0.15, -0.1) is 0 Å². The van der Waals surface area contributed by atoms with Crippen LogP contribution in [0.5, 0.6) is 0 Å². The summed E-state index contributed by atoms with van der Waals surface area (Å²) in [6.45, 7) is 1.92. The molecule has 0 bridgehead atoms. The highest BCUT2D eigenvalue weighted by Crippen LogP contribution is 2.40. The van der Waals surface area contributed by atoms with Gasteiger partial charge in [0.1, 0.15) is 5.69 Å². The number of carbonyl (C=O) groups is 1. The number of rotatable bonds is 3. The molecule has 0 aliphatic heterocycles. The minimum atomic E-state index is -0.455. The van der Waals surface area contributed by atoms with Crippen molar-refractivity contribution < 1.29 is 14.1 Å². The first-order valence-electron chi connectivity index (χ1n) is 6.21. The number of pyridine rings is 1. The number of esters is 1. The summed E-state index contributed by atoms with van der Waals surface area (Å²) in [7, 11) is 1.34. The molecular weight excluding hydrogens is 244 g/mol. The van der Waals surface area contributed by atoms with Gasteiger partial charge in [0.25, 0.3) is 0 Å². The summed E-state index contributed by atoms with van der Waals surface area (Å²) in [6, 6.07) is 3.62. The fourth-order valence-electron chi connectivity index (χ4n) is 1.99. The van der Waals surface area contributed by atoms with Crippen LogP contribution in [0.1, 0.15) is 40.5 Å². The van der Waals surface area contributed by atoms with E-state index in [9.17, 15) is 4.79 Å². The Morgan fingerprint density at radius 1 is 1.42 bits per heavy atom. The van der Waals surface area contributed by atoms with Gasteiger partial charge in [-0.1, -0.05) is 5.16 Å². The largest absolute Gasteiger partial charge is 0.464 e. The lowest BCUT2D eigenvalue weighted by atomic mass is 10.1. The molecule has 1 aliphatic rings. The number of methoxy groups -OCH3 is 1. The number of aryl methyl sites for hydroxylation is 1. The van der Waals surface area contributed by atoms with Crippen LogP contribution in [0.4, 0.5) is 0 Å². The van der Waals surface area contributed by atoms with Crippen LogP contribution < -0.4 is 0 Å². The van der Waals surface area contributed by atoms with E-state index >= 15 is 0 Å². The van der Waals surface area contributed by atoms with Crippen LogP contribution in [0, 0.1) is 6.92 Å². The topological polar surface area (TPSA) is 65.2 Å².